The maximum Gasteiger partial charge on any atom is 0.230 e. The van der Waals surface area contributed by atoms with Crippen LogP contribution in [0.3, 0.4) is 0 Å². The Morgan fingerprint density at radius 1 is 1.24 bits per heavy atom. The van der Waals surface area contributed by atoms with Gasteiger partial charge in [-0.15, -0.1) is 12.4 Å². The Balaban J connectivity index is 0.00000161. The molecule has 0 aromatic heterocycles. The molecule has 3 rings (SSSR count). The van der Waals surface area contributed by atoms with E-state index in [1.807, 2.05) is 18.2 Å². The van der Waals surface area contributed by atoms with Crippen LogP contribution in [0, 0.1) is 5.92 Å². The monoisotopic (exact) mass is 310 g/mol. The number of ether oxygens (including phenoxy) is 1. The van der Waals surface area contributed by atoms with E-state index in [0.29, 0.717) is 19.1 Å². The van der Waals surface area contributed by atoms with E-state index in [2.05, 4.69) is 22.8 Å². The van der Waals surface area contributed by atoms with Crippen molar-refractivity contribution in [3.8, 4) is 0 Å². The van der Waals surface area contributed by atoms with Gasteiger partial charge in [-0.2, -0.15) is 0 Å². The van der Waals surface area contributed by atoms with Crippen LogP contribution < -0.4 is 10.6 Å². The summed E-state index contributed by atoms with van der Waals surface area (Å²) in [5.74, 6) is 0.755. The molecule has 1 aromatic carbocycles. The van der Waals surface area contributed by atoms with Crippen LogP contribution in [0.5, 0.6) is 0 Å². The van der Waals surface area contributed by atoms with Gasteiger partial charge in [-0.25, -0.2) is 0 Å². The quantitative estimate of drug-likeness (QED) is 0.886. The highest BCUT2D eigenvalue weighted by Crippen LogP contribution is 2.35. The van der Waals surface area contributed by atoms with Crippen LogP contribution in [0.1, 0.15) is 18.4 Å². The number of hydrogen-bond donors (Lipinski definition) is 2. The highest BCUT2D eigenvalue weighted by atomic mass is 35.5. The molecule has 2 fully saturated rings. The molecule has 0 aliphatic carbocycles. The van der Waals surface area contributed by atoms with Crippen molar-refractivity contribution in [2.45, 2.75) is 18.3 Å². The predicted molar refractivity (Wildman–Crippen MR) is 84.8 cm³/mol. The number of hydrogen-bond acceptors (Lipinski definition) is 3. The molecule has 21 heavy (non-hydrogen) atoms. The Bertz CT molecular complexity index is 457. The normalized spacial score (nSPS) is 21.0. The molecular formula is C16H23ClN2O2. The van der Waals surface area contributed by atoms with Crippen molar-refractivity contribution in [1.29, 1.82) is 0 Å². The van der Waals surface area contributed by atoms with E-state index in [1.54, 1.807) is 0 Å². The molecule has 4 nitrogen and oxygen atoms in total. The van der Waals surface area contributed by atoms with Gasteiger partial charge in [0.1, 0.15) is 0 Å². The lowest BCUT2D eigenvalue weighted by molar-refractivity contribution is -0.130. The molecule has 0 atom stereocenters. The molecule has 0 bridgehead atoms. The van der Waals surface area contributed by atoms with Crippen LogP contribution in [0.15, 0.2) is 30.3 Å². The second kappa shape index (κ2) is 7.25. The Morgan fingerprint density at radius 2 is 1.90 bits per heavy atom. The first kappa shape index (κ1) is 16.3. The van der Waals surface area contributed by atoms with Gasteiger partial charge in [0.15, 0.2) is 0 Å². The number of rotatable bonds is 4. The Kier molecular flexibility index (Phi) is 5.62. The lowest BCUT2D eigenvalue weighted by Gasteiger charge is -2.37. The standard InChI is InChI=1S/C16H22N2O2.ClH/c19-15(18-12-13-10-17-11-13)16(6-8-20-9-7-16)14-4-2-1-3-5-14;/h1-5,13,17H,6-12H2,(H,18,19);1H. The summed E-state index contributed by atoms with van der Waals surface area (Å²) in [7, 11) is 0. The van der Waals surface area contributed by atoms with Gasteiger partial charge in [0, 0.05) is 38.8 Å². The molecule has 0 unspecified atom stereocenters. The Morgan fingerprint density at radius 3 is 2.48 bits per heavy atom. The van der Waals surface area contributed by atoms with E-state index in [1.165, 1.54) is 0 Å². The summed E-state index contributed by atoms with van der Waals surface area (Å²) in [6.45, 7) is 4.13. The van der Waals surface area contributed by atoms with E-state index in [9.17, 15) is 4.79 Å². The molecule has 0 spiro atoms. The van der Waals surface area contributed by atoms with Crippen molar-refractivity contribution in [2.24, 2.45) is 5.92 Å². The van der Waals surface area contributed by atoms with Crippen molar-refractivity contribution in [3.05, 3.63) is 35.9 Å². The lowest BCUT2D eigenvalue weighted by Crippen LogP contribution is -2.53. The van der Waals surface area contributed by atoms with Crippen LogP contribution in [0.4, 0.5) is 0 Å². The fraction of sp³-hybridized carbons (Fsp3) is 0.562. The topological polar surface area (TPSA) is 50.4 Å². The summed E-state index contributed by atoms with van der Waals surface area (Å²) < 4.78 is 5.46. The largest absolute Gasteiger partial charge is 0.381 e. The third-order valence-corrected chi connectivity index (χ3v) is 4.52. The number of halogens is 1. The van der Waals surface area contributed by atoms with Gasteiger partial charge in [-0.3, -0.25) is 4.79 Å². The van der Waals surface area contributed by atoms with Gasteiger partial charge in [0.05, 0.1) is 5.41 Å². The third-order valence-electron chi connectivity index (χ3n) is 4.52. The molecule has 5 heteroatoms. The molecule has 2 aliphatic rings. The summed E-state index contributed by atoms with van der Waals surface area (Å²) in [6, 6.07) is 10.1. The van der Waals surface area contributed by atoms with E-state index < -0.39 is 5.41 Å². The summed E-state index contributed by atoms with van der Waals surface area (Å²) in [5, 5.41) is 6.39. The molecule has 2 N–H and O–H groups in total. The van der Waals surface area contributed by atoms with Crippen molar-refractivity contribution >= 4 is 18.3 Å². The highest BCUT2D eigenvalue weighted by Gasteiger charge is 2.41. The first-order valence-electron chi connectivity index (χ1n) is 7.43. The minimum atomic E-state index is -0.406. The average molecular weight is 311 g/mol. The molecule has 2 saturated heterocycles. The summed E-state index contributed by atoms with van der Waals surface area (Å²) in [4.78, 5) is 12.8. The van der Waals surface area contributed by atoms with Gasteiger partial charge in [-0.05, 0) is 18.4 Å². The summed E-state index contributed by atoms with van der Waals surface area (Å²) >= 11 is 0. The molecule has 2 aliphatic heterocycles. The highest BCUT2D eigenvalue weighted by molar-refractivity contribution is 5.88. The smallest absolute Gasteiger partial charge is 0.230 e. The Hall–Kier alpha value is -1.10. The van der Waals surface area contributed by atoms with Crippen molar-refractivity contribution in [2.75, 3.05) is 32.8 Å². The fourth-order valence-corrected chi connectivity index (χ4v) is 3.02. The fourth-order valence-electron chi connectivity index (χ4n) is 3.02. The number of carbonyl (C=O) groups is 1. The summed E-state index contributed by atoms with van der Waals surface area (Å²) in [6.07, 6.45) is 1.54. The lowest BCUT2D eigenvalue weighted by atomic mass is 9.73. The van der Waals surface area contributed by atoms with Gasteiger partial charge in [0.2, 0.25) is 5.91 Å². The first-order chi connectivity index (χ1) is 9.81. The van der Waals surface area contributed by atoms with E-state index in [-0.39, 0.29) is 18.3 Å². The number of carbonyl (C=O) groups excluding carboxylic acids is 1. The molecule has 1 aromatic rings. The van der Waals surface area contributed by atoms with E-state index >= 15 is 0 Å². The molecule has 116 valence electrons. The zero-order chi connectivity index (χ0) is 13.8. The zero-order valence-corrected chi connectivity index (χ0v) is 13.0. The van der Waals surface area contributed by atoms with Crippen molar-refractivity contribution in [3.63, 3.8) is 0 Å². The summed E-state index contributed by atoms with van der Waals surface area (Å²) in [5.41, 5.74) is 0.712. The second-order valence-electron chi connectivity index (χ2n) is 5.79. The minimum absolute atomic E-state index is 0. The van der Waals surface area contributed by atoms with E-state index in [4.69, 9.17) is 4.74 Å². The first-order valence-corrected chi connectivity index (χ1v) is 7.43. The molecule has 2 heterocycles. The number of nitrogens with one attached hydrogen (secondary N) is 2. The average Bonchev–Trinajstić information content (AvgIpc) is 2.47. The van der Waals surface area contributed by atoms with Gasteiger partial charge < -0.3 is 15.4 Å². The van der Waals surface area contributed by atoms with Crippen LogP contribution in [0.2, 0.25) is 0 Å². The van der Waals surface area contributed by atoms with E-state index in [0.717, 1.165) is 38.0 Å². The molecule has 0 radical (unpaired) electrons. The van der Waals surface area contributed by atoms with Crippen LogP contribution in [-0.4, -0.2) is 38.8 Å². The SMILES string of the molecule is Cl.O=C(NCC1CNC1)C1(c2ccccc2)CCOCC1. The van der Waals surface area contributed by atoms with Gasteiger partial charge in [-0.1, -0.05) is 30.3 Å². The second-order valence-corrected chi connectivity index (χ2v) is 5.79. The van der Waals surface area contributed by atoms with Crippen LogP contribution in [0.25, 0.3) is 0 Å². The van der Waals surface area contributed by atoms with Crippen molar-refractivity contribution < 1.29 is 9.53 Å². The van der Waals surface area contributed by atoms with Crippen LogP contribution >= 0.6 is 12.4 Å². The number of amides is 1. The maximum atomic E-state index is 12.8. The number of benzene rings is 1. The molecular weight excluding hydrogens is 288 g/mol. The maximum absolute atomic E-state index is 12.8. The third kappa shape index (κ3) is 3.39. The molecule has 1 amide bonds. The predicted octanol–water partition coefficient (Wildman–Crippen LogP) is 1.49. The Labute approximate surface area is 132 Å². The van der Waals surface area contributed by atoms with Gasteiger partial charge >= 0.3 is 0 Å². The zero-order valence-electron chi connectivity index (χ0n) is 12.1. The van der Waals surface area contributed by atoms with Gasteiger partial charge in [0.25, 0.3) is 0 Å². The molecule has 0 saturated carbocycles. The van der Waals surface area contributed by atoms with Crippen molar-refractivity contribution in [1.82, 2.24) is 10.6 Å². The minimum Gasteiger partial charge on any atom is -0.381 e. The van der Waals surface area contributed by atoms with Crippen LogP contribution in [-0.2, 0) is 14.9 Å².